The first-order chi connectivity index (χ1) is 17.4. The molecule has 1 aliphatic rings. The molecule has 3 amide bonds. The van der Waals surface area contributed by atoms with Gasteiger partial charge in [0.25, 0.3) is 11.8 Å². The lowest BCUT2D eigenvalue weighted by Gasteiger charge is -2.26. The van der Waals surface area contributed by atoms with E-state index in [-0.39, 0.29) is 12.5 Å². The second kappa shape index (κ2) is 13.8. The minimum Gasteiger partial charge on any atom is -0.379 e. The number of hydroxylamine groups is 1. The number of hydrogen-bond acceptors (Lipinski definition) is 6. The van der Waals surface area contributed by atoms with Gasteiger partial charge in [-0.05, 0) is 47.5 Å². The lowest BCUT2D eigenvalue weighted by atomic mass is 10.1. The molecule has 9 heteroatoms. The number of carbonyl (C=O) groups is 3. The molecule has 0 unspecified atom stereocenters. The largest absolute Gasteiger partial charge is 0.379 e. The van der Waals surface area contributed by atoms with Crippen LogP contribution in [0.4, 0.5) is 0 Å². The maximum atomic E-state index is 12.4. The van der Waals surface area contributed by atoms with E-state index in [0.29, 0.717) is 5.56 Å². The average molecular weight is 491 g/mol. The molecule has 1 aliphatic heterocycles. The Morgan fingerprint density at radius 1 is 1.08 bits per heavy atom. The highest BCUT2D eigenvalue weighted by Crippen LogP contribution is 2.10. The summed E-state index contributed by atoms with van der Waals surface area (Å²) in [6, 6.07) is 13.8. The number of amides is 3. The van der Waals surface area contributed by atoms with E-state index in [2.05, 4.69) is 51.6 Å². The van der Waals surface area contributed by atoms with Crippen LogP contribution in [-0.2, 0) is 20.9 Å². The van der Waals surface area contributed by atoms with E-state index in [9.17, 15) is 14.4 Å². The molecule has 188 valence electrons. The van der Waals surface area contributed by atoms with Crippen LogP contribution in [0.2, 0.25) is 0 Å². The third-order valence-electron chi connectivity index (χ3n) is 5.50. The smallest absolute Gasteiger partial charge is 0.267 e. The number of rotatable bonds is 8. The number of hydrogen-bond donors (Lipinski definition) is 4. The highest BCUT2D eigenvalue weighted by Gasteiger charge is 2.21. The van der Waals surface area contributed by atoms with E-state index in [1.165, 1.54) is 18.0 Å². The molecule has 0 bridgehead atoms. The van der Waals surface area contributed by atoms with Crippen LogP contribution in [-0.4, -0.2) is 66.7 Å². The van der Waals surface area contributed by atoms with Crippen molar-refractivity contribution in [3.8, 4) is 11.8 Å². The number of carbonyl (C=O) groups excluding carboxylic acids is 3. The van der Waals surface area contributed by atoms with Gasteiger partial charge in [-0.3, -0.25) is 24.5 Å². The highest BCUT2D eigenvalue weighted by molar-refractivity contribution is 5.97. The van der Waals surface area contributed by atoms with E-state index >= 15 is 0 Å². The Balaban J connectivity index is 1.52. The Kier molecular flexibility index (Phi) is 10.2. The minimum absolute atomic E-state index is 0.153. The van der Waals surface area contributed by atoms with Gasteiger partial charge in [0.15, 0.2) is 0 Å². The number of morpholine rings is 1. The van der Waals surface area contributed by atoms with Crippen molar-refractivity contribution in [3.05, 3.63) is 76.9 Å². The monoisotopic (exact) mass is 490 g/mol. The van der Waals surface area contributed by atoms with Gasteiger partial charge in [0.2, 0.25) is 5.91 Å². The van der Waals surface area contributed by atoms with Gasteiger partial charge in [0.05, 0.1) is 13.2 Å². The van der Waals surface area contributed by atoms with Crippen LogP contribution in [0.5, 0.6) is 0 Å². The van der Waals surface area contributed by atoms with Gasteiger partial charge < -0.3 is 15.4 Å². The van der Waals surface area contributed by atoms with Crippen LogP contribution >= 0.6 is 0 Å². The van der Waals surface area contributed by atoms with E-state index < -0.39 is 17.9 Å². The minimum atomic E-state index is -1.12. The number of nitrogens with one attached hydrogen (secondary N) is 3. The molecule has 1 atom stereocenters. The molecule has 3 rings (SSSR count). The maximum absolute atomic E-state index is 12.4. The van der Waals surface area contributed by atoms with E-state index in [0.717, 1.165) is 44.0 Å². The Morgan fingerprint density at radius 2 is 1.78 bits per heavy atom. The molecule has 0 saturated carbocycles. The van der Waals surface area contributed by atoms with Crippen molar-refractivity contribution in [1.82, 2.24) is 21.0 Å². The van der Waals surface area contributed by atoms with Crippen molar-refractivity contribution < 1.29 is 24.3 Å². The standard InChI is InChI=1S/C27H30N4O5/c1-20(32)28-18-25(27(34)30-35)29-26(33)24-12-10-22(11-13-24)5-3-2-4-21-6-8-23(9-7-21)19-31-14-16-36-17-15-31/h2,4,6-13,25,35H,14-19H2,1H3,(H,28,32)(H,29,33)(H,30,34)/b4-2+/t25-/m0/s1. The quantitative estimate of drug-likeness (QED) is 0.252. The summed E-state index contributed by atoms with van der Waals surface area (Å²) in [6.45, 7) is 5.56. The van der Waals surface area contributed by atoms with Crippen molar-refractivity contribution in [2.45, 2.75) is 19.5 Å². The van der Waals surface area contributed by atoms with Gasteiger partial charge in [-0.15, -0.1) is 0 Å². The lowest BCUT2D eigenvalue weighted by molar-refractivity contribution is -0.131. The van der Waals surface area contributed by atoms with E-state index in [1.54, 1.807) is 30.3 Å². The summed E-state index contributed by atoms with van der Waals surface area (Å²) in [5.74, 6) is 4.28. The third-order valence-corrected chi connectivity index (χ3v) is 5.50. The van der Waals surface area contributed by atoms with Gasteiger partial charge >= 0.3 is 0 Å². The molecule has 2 aromatic carbocycles. The Hall–Kier alpha value is -3.97. The van der Waals surface area contributed by atoms with Gasteiger partial charge in [0.1, 0.15) is 6.04 Å². The van der Waals surface area contributed by atoms with E-state index in [1.807, 2.05) is 6.08 Å². The van der Waals surface area contributed by atoms with Crippen molar-refractivity contribution in [2.75, 3.05) is 32.8 Å². The second-order valence-corrected chi connectivity index (χ2v) is 8.25. The Morgan fingerprint density at radius 3 is 2.42 bits per heavy atom. The van der Waals surface area contributed by atoms with Crippen LogP contribution in [0.1, 0.15) is 34.0 Å². The molecule has 0 aliphatic carbocycles. The topological polar surface area (TPSA) is 120 Å². The third kappa shape index (κ3) is 8.67. The fraction of sp³-hybridized carbons (Fsp3) is 0.296. The summed E-state index contributed by atoms with van der Waals surface area (Å²) in [4.78, 5) is 37.6. The molecule has 2 aromatic rings. The first-order valence-electron chi connectivity index (χ1n) is 11.6. The molecule has 36 heavy (non-hydrogen) atoms. The molecule has 0 radical (unpaired) electrons. The van der Waals surface area contributed by atoms with Crippen LogP contribution in [0.3, 0.4) is 0 Å². The van der Waals surface area contributed by atoms with Gasteiger partial charge in [-0.25, -0.2) is 5.48 Å². The fourth-order valence-corrected chi connectivity index (χ4v) is 3.49. The number of allylic oxidation sites excluding steroid dienone is 1. The molecule has 4 N–H and O–H groups in total. The summed E-state index contributed by atoms with van der Waals surface area (Å²) in [5, 5.41) is 13.8. The molecule has 9 nitrogen and oxygen atoms in total. The van der Waals surface area contributed by atoms with Crippen molar-refractivity contribution >= 4 is 23.8 Å². The van der Waals surface area contributed by atoms with E-state index in [4.69, 9.17) is 9.94 Å². The van der Waals surface area contributed by atoms with Crippen LogP contribution in [0, 0.1) is 11.8 Å². The van der Waals surface area contributed by atoms with Crippen LogP contribution < -0.4 is 16.1 Å². The van der Waals surface area contributed by atoms with Crippen molar-refractivity contribution in [3.63, 3.8) is 0 Å². The second-order valence-electron chi connectivity index (χ2n) is 8.25. The van der Waals surface area contributed by atoms with Crippen molar-refractivity contribution in [1.29, 1.82) is 0 Å². The number of nitrogens with zero attached hydrogens (tertiary/aromatic N) is 1. The van der Waals surface area contributed by atoms with Crippen molar-refractivity contribution in [2.24, 2.45) is 0 Å². The summed E-state index contributed by atoms with van der Waals surface area (Å²) >= 11 is 0. The normalized spacial score (nSPS) is 14.4. The molecule has 1 fully saturated rings. The lowest BCUT2D eigenvalue weighted by Crippen LogP contribution is -2.51. The summed E-state index contributed by atoms with van der Waals surface area (Å²) in [6.07, 6.45) is 3.71. The molecule has 0 spiro atoms. The molecular weight excluding hydrogens is 460 g/mol. The maximum Gasteiger partial charge on any atom is 0.267 e. The SMILES string of the molecule is CC(=O)NC[C@H](NC(=O)c1ccc(C#C/C=C/c2ccc(CN3CCOCC3)cc2)cc1)C(=O)NO. The predicted molar refractivity (Wildman–Crippen MR) is 135 cm³/mol. The first-order valence-corrected chi connectivity index (χ1v) is 11.6. The zero-order valence-corrected chi connectivity index (χ0v) is 20.1. The summed E-state index contributed by atoms with van der Waals surface area (Å²) in [7, 11) is 0. The summed E-state index contributed by atoms with van der Waals surface area (Å²) in [5.41, 5.74) is 4.84. The first kappa shape index (κ1) is 26.6. The van der Waals surface area contributed by atoms with Gasteiger partial charge in [-0.1, -0.05) is 36.1 Å². The van der Waals surface area contributed by atoms with Gasteiger partial charge in [0, 0.05) is 44.2 Å². The highest BCUT2D eigenvalue weighted by atomic mass is 16.5. The molecule has 1 heterocycles. The number of ether oxygens (including phenoxy) is 1. The van der Waals surface area contributed by atoms with Gasteiger partial charge in [-0.2, -0.15) is 0 Å². The average Bonchev–Trinajstić information content (AvgIpc) is 2.90. The summed E-state index contributed by atoms with van der Waals surface area (Å²) < 4.78 is 5.39. The Labute approximate surface area is 210 Å². The van der Waals surface area contributed by atoms with Crippen LogP contribution in [0.15, 0.2) is 54.6 Å². The fourth-order valence-electron chi connectivity index (χ4n) is 3.49. The Bertz CT molecular complexity index is 1130. The molecular formula is C27H30N4O5. The number of benzene rings is 2. The zero-order valence-electron chi connectivity index (χ0n) is 20.1. The molecule has 1 saturated heterocycles. The van der Waals surface area contributed by atoms with Crippen LogP contribution in [0.25, 0.3) is 6.08 Å². The zero-order chi connectivity index (χ0) is 25.8. The predicted octanol–water partition coefficient (Wildman–Crippen LogP) is 1.32. The molecule has 0 aromatic heterocycles.